The van der Waals surface area contributed by atoms with Crippen molar-refractivity contribution in [2.45, 2.75) is 13.5 Å². The number of rotatable bonds is 7. The molecule has 0 N–H and O–H groups in total. The molecule has 7 aromatic carbocycles. The maximum Gasteiger partial charge on any atom is 0.0703 e. The van der Waals surface area contributed by atoms with Crippen molar-refractivity contribution in [3.05, 3.63) is 199 Å². The number of hydrogen-bond donors (Lipinski definition) is 0. The molecule has 2 heteroatoms. The van der Waals surface area contributed by atoms with Crippen LogP contribution in [0, 0.1) is 0 Å². The molecule has 2 nitrogen and oxygen atoms in total. The first-order valence-electron chi connectivity index (χ1n) is 17.6. The van der Waals surface area contributed by atoms with Crippen LogP contribution >= 0.6 is 0 Å². The number of nitrogens with zero attached hydrogens (tertiary/aromatic N) is 2. The van der Waals surface area contributed by atoms with E-state index >= 15 is 0 Å². The maximum absolute atomic E-state index is 5.21. The summed E-state index contributed by atoms with van der Waals surface area (Å²) in [7, 11) is 0. The largest absolute Gasteiger partial charge is 0.334 e. The Bertz CT molecular complexity index is 2800. The Kier molecular flexibility index (Phi) is 7.63. The van der Waals surface area contributed by atoms with Gasteiger partial charge in [-0.3, -0.25) is 4.98 Å². The van der Waals surface area contributed by atoms with Crippen LogP contribution in [0.3, 0.4) is 0 Å². The van der Waals surface area contributed by atoms with E-state index in [2.05, 4.69) is 188 Å². The minimum absolute atomic E-state index is 0.688. The van der Waals surface area contributed by atoms with Gasteiger partial charge in [0.15, 0.2) is 0 Å². The fourth-order valence-corrected chi connectivity index (χ4v) is 7.74. The van der Waals surface area contributed by atoms with Gasteiger partial charge in [-0.1, -0.05) is 140 Å². The minimum Gasteiger partial charge on any atom is -0.334 e. The van der Waals surface area contributed by atoms with Crippen LogP contribution in [0.4, 0.5) is 0 Å². The first-order valence-corrected chi connectivity index (χ1v) is 17.6. The van der Waals surface area contributed by atoms with E-state index in [1.54, 1.807) is 0 Å². The second-order valence-corrected chi connectivity index (χ2v) is 13.1. The zero-order chi connectivity index (χ0) is 34.3. The Labute approximate surface area is 298 Å². The molecule has 0 aliphatic heterocycles. The molecule has 0 aliphatic rings. The first kappa shape index (κ1) is 30.5. The zero-order valence-electron chi connectivity index (χ0n) is 28.6. The van der Waals surface area contributed by atoms with Gasteiger partial charge in [-0.25, -0.2) is 0 Å². The van der Waals surface area contributed by atoms with Crippen LogP contribution in [0.15, 0.2) is 183 Å². The number of fused-ring (bicyclic) bond motifs is 9. The van der Waals surface area contributed by atoms with E-state index in [1.807, 2.05) is 6.08 Å². The topological polar surface area (TPSA) is 17.8 Å². The number of para-hydroxylation sites is 2. The van der Waals surface area contributed by atoms with Gasteiger partial charge in [-0.05, 0) is 110 Å². The Morgan fingerprint density at radius 2 is 1.12 bits per heavy atom. The Morgan fingerprint density at radius 3 is 1.78 bits per heavy atom. The fourth-order valence-electron chi connectivity index (χ4n) is 7.74. The second kappa shape index (κ2) is 12.7. The lowest BCUT2D eigenvalue weighted by Gasteiger charge is -2.14. The summed E-state index contributed by atoms with van der Waals surface area (Å²) in [5, 5.41) is 10.1. The van der Waals surface area contributed by atoms with Crippen LogP contribution in [-0.4, -0.2) is 9.55 Å². The highest BCUT2D eigenvalue weighted by Crippen LogP contribution is 2.39. The van der Waals surface area contributed by atoms with Crippen molar-refractivity contribution in [3.8, 4) is 11.1 Å². The first-order chi connectivity index (χ1) is 25.2. The van der Waals surface area contributed by atoms with Gasteiger partial charge in [-0.2, -0.15) is 0 Å². The lowest BCUT2D eigenvalue weighted by atomic mass is 9.90. The van der Waals surface area contributed by atoms with E-state index in [9.17, 15) is 0 Å². The average molecular weight is 653 g/mol. The van der Waals surface area contributed by atoms with Crippen molar-refractivity contribution < 1.29 is 0 Å². The molecular formula is C49H36N2. The van der Waals surface area contributed by atoms with Crippen LogP contribution in [0.25, 0.3) is 76.4 Å². The summed E-state index contributed by atoms with van der Waals surface area (Å²) in [5.74, 6) is 0. The summed E-state index contributed by atoms with van der Waals surface area (Å²) >= 11 is 0. The molecule has 0 spiro atoms. The van der Waals surface area contributed by atoms with Crippen molar-refractivity contribution in [2.24, 2.45) is 0 Å². The summed E-state index contributed by atoms with van der Waals surface area (Å²) in [6, 6.07) is 56.7. The number of pyridine rings is 1. The Hall–Kier alpha value is -6.51. The third-order valence-electron chi connectivity index (χ3n) is 10.2. The molecule has 51 heavy (non-hydrogen) atoms. The van der Waals surface area contributed by atoms with Crippen LogP contribution in [-0.2, 0) is 6.54 Å². The van der Waals surface area contributed by atoms with Crippen molar-refractivity contribution >= 4 is 65.3 Å². The van der Waals surface area contributed by atoms with Gasteiger partial charge in [0.1, 0.15) is 0 Å². The molecule has 242 valence electrons. The predicted molar refractivity (Wildman–Crippen MR) is 219 cm³/mol. The number of benzene rings is 7. The van der Waals surface area contributed by atoms with Gasteiger partial charge in [-0.15, -0.1) is 0 Å². The quantitative estimate of drug-likeness (QED) is 0.124. The number of allylic oxidation sites excluding steroid dienone is 5. The minimum atomic E-state index is 0.688. The summed E-state index contributed by atoms with van der Waals surface area (Å²) in [4.78, 5) is 5.21. The van der Waals surface area contributed by atoms with Crippen LogP contribution < -0.4 is 0 Å². The molecule has 0 bridgehead atoms. The highest BCUT2D eigenvalue weighted by atomic mass is 15.0. The number of hydrogen-bond acceptors (Lipinski definition) is 1. The SMILES string of the molecule is C=C/C(=C\C(=C/C)c1cccc(Cn2c3ccccc3c3ccccc32)n1)c1ccc2c3ccccc3c3ccc(-c4ccccc4)cc3c2c1. The lowest BCUT2D eigenvalue weighted by molar-refractivity contribution is 0.833. The smallest absolute Gasteiger partial charge is 0.0703 e. The van der Waals surface area contributed by atoms with E-state index in [4.69, 9.17) is 4.98 Å². The molecule has 2 heterocycles. The molecule has 9 rings (SSSR count). The third-order valence-corrected chi connectivity index (χ3v) is 10.2. The Morgan fingerprint density at radius 1 is 0.529 bits per heavy atom. The van der Waals surface area contributed by atoms with Crippen molar-refractivity contribution in [1.82, 2.24) is 9.55 Å². The molecule has 0 saturated carbocycles. The maximum atomic E-state index is 5.21. The number of aromatic nitrogens is 2. The Balaban J connectivity index is 1.13. The fraction of sp³-hybridized carbons (Fsp3) is 0.0408. The summed E-state index contributed by atoms with van der Waals surface area (Å²) in [6.07, 6.45) is 6.33. The van der Waals surface area contributed by atoms with Crippen LogP contribution in [0.5, 0.6) is 0 Å². The molecule has 9 aromatic rings. The van der Waals surface area contributed by atoms with Gasteiger partial charge in [0.05, 0.1) is 17.9 Å². The summed E-state index contributed by atoms with van der Waals surface area (Å²) < 4.78 is 2.38. The summed E-state index contributed by atoms with van der Waals surface area (Å²) in [5.41, 5.74) is 10.1. The van der Waals surface area contributed by atoms with Crippen molar-refractivity contribution in [2.75, 3.05) is 0 Å². The van der Waals surface area contributed by atoms with Crippen molar-refractivity contribution in [3.63, 3.8) is 0 Å². The van der Waals surface area contributed by atoms with E-state index in [0.29, 0.717) is 6.54 Å². The van der Waals surface area contributed by atoms with E-state index < -0.39 is 0 Å². The molecule has 0 fully saturated rings. The van der Waals surface area contributed by atoms with E-state index in [0.717, 1.165) is 28.1 Å². The predicted octanol–water partition coefficient (Wildman–Crippen LogP) is 13.0. The molecule has 0 radical (unpaired) electrons. The van der Waals surface area contributed by atoms with Gasteiger partial charge < -0.3 is 4.57 Å². The highest BCUT2D eigenvalue weighted by molar-refractivity contribution is 6.26. The van der Waals surface area contributed by atoms with Gasteiger partial charge in [0, 0.05) is 21.8 Å². The van der Waals surface area contributed by atoms with E-state index in [-0.39, 0.29) is 0 Å². The van der Waals surface area contributed by atoms with Crippen LogP contribution in [0.2, 0.25) is 0 Å². The monoisotopic (exact) mass is 652 g/mol. The van der Waals surface area contributed by atoms with Gasteiger partial charge in [0.25, 0.3) is 0 Å². The van der Waals surface area contributed by atoms with Gasteiger partial charge in [0.2, 0.25) is 0 Å². The average Bonchev–Trinajstić information content (AvgIpc) is 3.51. The normalized spacial score (nSPS) is 12.4. The van der Waals surface area contributed by atoms with Crippen molar-refractivity contribution in [1.29, 1.82) is 0 Å². The molecular weight excluding hydrogens is 617 g/mol. The van der Waals surface area contributed by atoms with E-state index in [1.165, 1.54) is 65.3 Å². The third kappa shape index (κ3) is 5.33. The molecule has 0 amide bonds. The molecule has 0 unspecified atom stereocenters. The molecule has 0 saturated heterocycles. The molecule has 2 aromatic heterocycles. The molecule has 0 aliphatic carbocycles. The highest BCUT2D eigenvalue weighted by Gasteiger charge is 2.14. The second-order valence-electron chi connectivity index (χ2n) is 13.1. The zero-order valence-corrected chi connectivity index (χ0v) is 28.6. The summed E-state index contributed by atoms with van der Waals surface area (Å²) in [6.45, 7) is 7.04. The van der Waals surface area contributed by atoms with Crippen LogP contribution in [0.1, 0.15) is 23.9 Å². The molecule has 0 atom stereocenters. The van der Waals surface area contributed by atoms with Gasteiger partial charge >= 0.3 is 0 Å². The lowest BCUT2D eigenvalue weighted by Crippen LogP contribution is -2.03. The standard InChI is InChI=1S/C49H36N2/c1-3-33(29-34(4-2)47-22-14-17-38(50-47)32-51-48-23-12-10-20-43(48)44-21-11-13-24-49(44)51)36-25-27-41-39-18-8-9-19-40(39)42-28-26-37(31-46(42)45(41)30-36)35-15-6-5-7-16-35/h3-31H,1,32H2,2H3/b33-29+,34-4+.